The number of hydrogen-bond donors (Lipinski definition) is 2. The lowest BCUT2D eigenvalue weighted by molar-refractivity contribution is -0.150. The van der Waals surface area contributed by atoms with Gasteiger partial charge in [-0.25, -0.2) is 0 Å². The van der Waals surface area contributed by atoms with Gasteiger partial charge in [-0.1, -0.05) is 30.3 Å². The molecule has 3 N–H and O–H groups in total. The van der Waals surface area contributed by atoms with Crippen molar-refractivity contribution in [3.63, 3.8) is 0 Å². The molecular formula is C29H34F3N5O2S. The zero-order valence-electron chi connectivity index (χ0n) is 22.2. The Morgan fingerprint density at radius 3 is 2.55 bits per heavy atom. The predicted octanol–water partition coefficient (Wildman–Crippen LogP) is 4.24. The van der Waals surface area contributed by atoms with Crippen LogP contribution in [0.3, 0.4) is 0 Å². The van der Waals surface area contributed by atoms with Gasteiger partial charge in [0.05, 0.1) is 0 Å². The molecule has 1 aliphatic heterocycles. The number of rotatable bonds is 12. The van der Waals surface area contributed by atoms with Crippen molar-refractivity contribution in [1.29, 1.82) is 0 Å². The molecule has 0 bridgehead atoms. The van der Waals surface area contributed by atoms with E-state index in [2.05, 4.69) is 21.3 Å². The third-order valence-corrected chi connectivity index (χ3v) is 7.83. The van der Waals surface area contributed by atoms with Crippen LogP contribution >= 0.6 is 11.3 Å². The fraction of sp³-hybridized carbons (Fsp3) is 0.414. The Morgan fingerprint density at radius 2 is 1.85 bits per heavy atom. The van der Waals surface area contributed by atoms with Crippen molar-refractivity contribution >= 4 is 23.2 Å². The number of thiophene rings is 1. The summed E-state index contributed by atoms with van der Waals surface area (Å²) >= 11 is 1.60. The van der Waals surface area contributed by atoms with Gasteiger partial charge in [0.15, 0.2) is 0 Å². The molecular weight excluding hydrogens is 539 g/mol. The van der Waals surface area contributed by atoms with Crippen LogP contribution in [-0.2, 0) is 22.6 Å². The SMILES string of the molecule is NC(=O)CCCCN1CCN(Cc2cncc(-c3ccsc3)c2)CC1(Cc1ccccc1)C(=O)NCC(F)(F)F. The normalized spacial score (nSPS) is 18.5. The summed E-state index contributed by atoms with van der Waals surface area (Å²) < 4.78 is 39.6. The highest BCUT2D eigenvalue weighted by atomic mass is 32.1. The van der Waals surface area contributed by atoms with Crippen molar-refractivity contribution in [3.8, 4) is 11.1 Å². The van der Waals surface area contributed by atoms with Crippen LogP contribution in [0.2, 0.25) is 0 Å². The largest absolute Gasteiger partial charge is 0.405 e. The Balaban J connectivity index is 1.62. The van der Waals surface area contributed by atoms with E-state index in [1.165, 1.54) is 0 Å². The number of nitrogens with one attached hydrogen (secondary N) is 1. The standard InChI is InChI=1S/C29H34F3N5O2S/c30-29(31,32)20-35-27(39)28(15-22-6-2-1-3-7-22)21-36(11-12-37(28)10-5-4-8-26(33)38)18-23-14-25(17-34-16-23)24-9-13-40-19-24/h1-3,6-7,9,13-14,16-17,19H,4-5,8,10-12,15,18,20-21H2,(H2,33,38)(H,35,39). The summed E-state index contributed by atoms with van der Waals surface area (Å²) in [5.74, 6) is -1.06. The van der Waals surface area contributed by atoms with Gasteiger partial charge in [-0.3, -0.25) is 24.4 Å². The molecule has 0 aliphatic carbocycles. The number of pyridine rings is 1. The van der Waals surface area contributed by atoms with Gasteiger partial charge in [-0.2, -0.15) is 24.5 Å². The first kappa shape index (κ1) is 29.7. The van der Waals surface area contributed by atoms with Crippen LogP contribution in [0.5, 0.6) is 0 Å². The average Bonchev–Trinajstić information content (AvgIpc) is 3.46. The Labute approximate surface area is 236 Å². The van der Waals surface area contributed by atoms with E-state index in [0.29, 0.717) is 39.0 Å². The van der Waals surface area contributed by atoms with Crippen LogP contribution in [0.4, 0.5) is 13.2 Å². The molecule has 1 aliphatic rings. The number of carbonyl (C=O) groups is 2. The highest BCUT2D eigenvalue weighted by Gasteiger charge is 2.48. The Kier molecular flexibility index (Phi) is 9.94. The number of nitrogens with two attached hydrogens (primary N) is 1. The number of benzene rings is 1. The molecule has 11 heteroatoms. The first-order valence-electron chi connectivity index (χ1n) is 13.3. The first-order chi connectivity index (χ1) is 19.1. The topological polar surface area (TPSA) is 91.6 Å². The van der Waals surface area contributed by atoms with E-state index < -0.39 is 30.1 Å². The van der Waals surface area contributed by atoms with Gasteiger partial charge in [-0.15, -0.1) is 0 Å². The van der Waals surface area contributed by atoms with Gasteiger partial charge in [-0.05, 0) is 59.0 Å². The zero-order chi connectivity index (χ0) is 28.6. The number of hydrogen-bond acceptors (Lipinski definition) is 6. The molecule has 1 fully saturated rings. The van der Waals surface area contributed by atoms with Crippen molar-refractivity contribution in [2.75, 3.05) is 32.7 Å². The predicted molar refractivity (Wildman–Crippen MR) is 149 cm³/mol. The lowest BCUT2D eigenvalue weighted by atomic mass is 9.84. The van der Waals surface area contributed by atoms with Crippen LogP contribution in [0.25, 0.3) is 11.1 Å². The maximum atomic E-state index is 13.8. The zero-order valence-corrected chi connectivity index (χ0v) is 23.0. The van der Waals surface area contributed by atoms with Gasteiger partial charge < -0.3 is 11.1 Å². The fourth-order valence-corrected chi connectivity index (χ4v) is 5.91. The lowest BCUT2D eigenvalue weighted by Crippen LogP contribution is -2.70. The number of piperazine rings is 1. The van der Waals surface area contributed by atoms with Gasteiger partial charge >= 0.3 is 6.18 Å². The summed E-state index contributed by atoms with van der Waals surface area (Å²) in [4.78, 5) is 33.5. The second kappa shape index (κ2) is 13.4. The molecule has 0 saturated carbocycles. The van der Waals surface area contributed by atoms with Crippen molar-refractivity contribution in [1.82, 2.24) is 20.1 Å². The molecule has 1 unspecified atom stereocenters. The molecule has 3 heterocycles. The number of alkyl halides is 3. The molecule has 2 amide bonds. The molecule has 3 aromatic rings. The van der Waals surface area contributed by atoms with Crippen LogP contribution in [0, 0.1) is 0 Å². The minimum atomic E-state index is -4.53. The molecule has 0 spiro atoms. The fourth-order valence-electron chi connectivity index (χ4n) is 5.25. The molecule has 4 rings (SSSR count). The summed E-state index contributed by atoms with van der Waals surface area (Å²) in [6.07, 6.45) is 0.670. The summed E-state index contributed by atoms with van der Waals surface area (Å²) in [6.45, 7) is 0.919. The van der Waals surface area contributed by atoms with E-state index >= 15 is 0 Å². The Bertz CT molecular complexity index is 1260. The quantitative estimate of drug-likeness (QED) is 0.316. The molecule has 40 heavy (non-hydrogen) atoms. The first-order valence-corrected chi connectivity index (χ1v) is 14.2. The second-order valence-electron chi connectivity index (χ2n) is 10.2. The maximum absolute atomic E-state index is 13.8. The minimum absolute atomic E-state index is 0.222. The van der Waals surface area contributed by atoms with Crippen LogP contribution < -0.4 is 11.1 Å². The number of amides is 2. The van der Waals surface area contributed by atoms with Gasteiger partial charge in [0.2, 0.25) is 11.8 Å². The number of aromatic nitrogens is 1. The molecule has 0 radical (unpaired) electrons. The number of halogens is 3. The Morgan fingerprint density at radius 1 is 1.05 bits per heavy atom. The van der Waals surface area contributed by atoms with Crippen LogP contribution in [0.15, 0.2) is 65.6 Å². The average molecular weight is 574 g/mol. The minimum Gasteiger partial charge on any atom is -0.370 e. The molecule has 214 valence electrons. The lowest BCUT2D eigenvalue weighted by Gasteiger charge is -2.50. The number of carbonyl (C=O) groups excluding carboxylic acids is 2. The third-order valence-electron chi connectivity index (χ3n) is 7.14. The van der Waals surface area contributed by atoms with E-state index in [-0.39, 0.29) is 19.4 Å². The highest BCUT2D eigenvalue weighted by Crippen LogP contribution is 2.30. The monoisotopic (exact) mass is 573 g/mol. The number of nitrogens with zero attached hydrogens (tertiary/aromatic N) is 3. The third kappa shape index (κ3) is 8.12. The molecule has 1 aromatic carbocycles. The number of primary amides is 1. The van der Waals surface area contributed by atoms with Crippen molar-refractivity contribution in [2.45, 2.75) is 43.9 Å². The maximum Gasteiger partial charge on any atom is 0.405 e. The molecule has 1 atom stereocenters. The summed E-state index contributed by atoms with van der Waals surface area (Å²) in [6, 6.07) is 13.4. The van der Waals surface area contributed by atoms with Crippen molar-refractivity contribution < 1.29 is 22.8 Å². The molecule has 2 aromatic heterocycles. The highest BCUT2D eigenvalue weighted by molar-refractivity contribution is 7.08. The van der Waals surface area contributed by atoms with Crippen molar-refractivity contribution in [2.24, 2.45) is 5.73 Å². The molecule has 7 nitrogen and oxygen atoms in total. The van der Waals surface area contributed by atoms with E-state index in [4.69, 9.17) is 5.73 Å². The summed E-state index contributed by atoms with van der Waals surface area (Å²) in [7, 11) is 0. The second-order valence-corrected chi connectivity index (χ2v) is 11.0. The smallest absolute Gasteiger partial charge is 0.370 e. The summed E-state index contributed by atoms with van der Waals surface area (Å²) in [5, 5.41) is 6.24. The van der Waals surface area contributed by atoms with Crippen molar-refractivity contribution in [3.05, 3.63) is 76.7 Å². The van der Waals surface area contributed by atoms with E-state index in [1.54, 1.807) is 23.7 Å². The van der Waals surface area contributed by atoms with E-state index in [0.717, 1.165) is 22.3 Å². The molecule has 1 saturated heterocycles. The number of unbranched alkanes of at least 4 members (excludes halogenated alkanes) is 1. The van der Waals surface area contributed by atoms with Crippen LogP contribution in [-0.4, -0.2) is 71.0 Å². The summed E-state index contributed by atoms with van der Waals surface area (Å²) in [5.41, 5.74) is 7.94. The Hall–Kier alpha value is -3.28. The van der Waals surface area contributed by atoms with Gasteiger partial charge in [0.1, 0.15) is 12.1 Å². The van der Waals surface area contributed by atoms with E-state index in [1.807, 2.05) is 52.1 Å². The van der Waals surface area contributed by atoms with E-state index in [9.17, 15) is 22.8 Å². The van der Waals surface area contributed by atoms with Gasteiger partial charge in [0, 0.05) is 57.0 Å². The van der Waals surface area contributed by atoms with Crippen LogP contribution in [0.1, 0.15) is 30.4 Å². The van der Waals surface area contributed by atoms with Gasteiger partial charge in [0.25, 0.3) is 0 Å².